The van der Waals surface area contributed by atoms with Gasteiger partial charge in [0.05, 0.1) is 12.7 Å². The molecule has 0 saturated carbocycles. The number of ether oxygens (including phenoxy) is 1. The Hall–Kier alpha value is -2.65. The molecule has 37 heavy (non-hydrogen) atoms. The zero-order chi connectivity index (χ0) is 26.5. The van der Waals surface area contributed by atoms with Gasteiger partial charge in [0.25, 0.3) is 0 Å². The van der Waals surface area contributed by atoms with E-state index in [1.54, 1.807) is 11.0 Å². The number of nitrogens with one attached hydrogen (secondary N) is 1. The summed E-state index contributed by atoms with van der Waals surface area (Å²) in [5, 5.41) is 0.660. The lowest BCUT2D eigenvalue weighted by atomic mass is 9.87. The Kier molecular flexibility index (Phi) is 6.96. The third kappa shape index (κ3) is 5.21. The Morgan fingerprint density at radius 2 is 1.78 bits per heavy atom. The summed E-state index contributed by atoms with van der Waals surface area (Å²) >= 11 is 0. The predicted molar refractivity (Wildman–Crippen MR) is 133 cm³/mol. The molecule has 2 aromatic carbocycles. The van der Waals surface area contributed by atoms with E-state index in [1.165, 1.54) is 26.0 Å². The molecule has 0 unspecified atom stereocenters. The Balaban J connectivity index is 1.48. The molecule has 0 bridgehead atoms. The van der Waals surface area contributed by atoms with E-state index in [4.69, 9.17) is 4.74 Å². The standard InChI is InChI=1S/C28H32F5N3O/c1-16-8-21-20-9-18(30)4-5-24(20)34-26(21)27(36(16)15-28(2,3)33)25-22(31)10-19(11-23(25)32)37-7-6-35-13-17(12-29)14-35/h4-5,9-11,16-17,27,34H,6-8,12-15H2,1-3H3/t16-,27-/m0/s1. The summed E-state index contributed by atoms with van der Waals surface area (Å²) in [6.07, 6.45) is 0.482. The highest BCUT2D eigenvalue weighted by molar-refractivity contribution is 5.85. The highest BCUT2D eigenvalue weighted by Gasteiger charge is 2.41. The monoisotopic (exact) mass is 521 g/mol. The van der Waals surface area contributed by atoms with Crippen molar-refractivity contribution in [3.63, 3.8) is 0 Å². The van der Waals surface area contributed by atoms with Gasteiger partial charge in [-0.3, -0.25) is 14.2 Å². The number of rotatable bonds is 8. The molecular formula is C28H32F5N3O. The number of fused-ring (bicyclic) bond motifs is 3. The van der Waals surface area contributed by atoms with E-state index in [0.717, 1.165) is 17.7 Å². The molecule has 0 aliphatic carbocycles. The van der Waals surface area contributed by atoms with E-state index in [2.05, 4.69) is 4.98 Å². The topological polar surface area (TPSA) is 31.5 Å². The summed E-state index contributed by atoms with van der Waals surface area (Å²) < 4.78 is 78.4. The molecule has 1 saturated heterocycles. The Morgan fingerprint density at radius 1 is 1.08 bits per heavy atom. The third-order valence-electron chi connectivity index (χ3n) is 7.38. The van der Waals surface area contributed by atoms with Crippen molar-refractivity contribution in [2.45, 2.75) is 44.9 Å². The van der Waals surface area contributed by atoms with Crippen molar-refractivity contribution in [2.75, 3.05) is 39.5 Å². The van der Waals surface area contributed by atoms with Crippen LogP contribution in [0.15, 0.2) is 30.3 Å². The number of hydrogen-bond acceptors (Lipinski definition) is 3. The van der Waals surface area contributed by atoms with E-state index >= 15 is 8.78 Å². The van der Waals surface area contributed by atoms with Crippen LogP contribution in [0.4, 0.5) is 22.0 Å². The molecule has 9 heteroatoms. The average molecular weight is 522 g/mol. The van der Waals surface area contributed by atoms with Crippen LogP contribution in [-0.2, 0) is 6.42 Å². The van der Waals surface area contributed by atoms with Crippen LogP contribution in [0.3, 0.4) is 0 Å². The lowest BCUT2D eigenvalue weighted by Crippen LogP contribution is -2.49. The first-order valence-corrected chi connectivity index (χ1v) is 12.7. The molecule has 3 aromatic rings. The molecule has 0 radical (unpaired) electrons. The number of hydrogen-bond donors (Lipinski definition) is 1. The molecule has 0 amide bonds. The normalized spacial score (nSPS) is 21.3. The van der Waals surface area contributed by atoms with Gasteiger partial charge in [0.15, 0.2) is 0 Å². The third-order valence-corrected chi connectivity index (χ3v) is 7.38. The number of H-pyrrole nitrogens is 1. The minimum Gasteiger partial charge on any atom is -0.492 e. The zero-order valence-corrected chi connectivity index (χ0v) is 21.3. The second-order valence-corrected chi connectivity index (χ2v) is 11.0. The van der Waals surface area contributed by atoms with Gasteiger partial charge in [-0.05, 0) is 51.0 Å². The second-order valence-electron chi connectivity index (χ2n) is 11.0. The van der Waals surface area contributed by atoms with Gasteiger partial charge in [0.2, 0.25) is 0 Å². The van der Waals surface area contributed by atoms with Gasteiger partial charge < -0.3 is 9.72 Å². The molecule has 1 aromatic heterocycles. The zero-order valence-electron chi connectivity index (χ0n) is 21.3. The molecular weight excluding hydrogens is 489 g/mol. The fourth-order valence-electron chi connectivity index (χ4n) is 5.67. The quantitative estimate of drug-likeness (QED) is 0.372. The first-order valence-electron chi connectivity index (χ1n) is 12.7. The van der Waals surface area contributed by atoms with E-state index in [0.29, 0.717) is 42.7 Å². The van der Waals surface area contributed by atoms with Crippen LogP contribution >= 0.6 is 0 Å². The summed E-state index contributed by atoms with van der Waals surface area (Å²) in [5.41, 5.74) is 0.155. The van der Waals surface area contributed by atoms with Gasteiger partial charge in [0, 0.05) is 72.4 Å². The van der Waals surface area contributed by atoms with Crippen molar-refractivity contribution in [1.29, 1.82) is 0 Å². The maximum absolute atomic E-state index is 15.6. The molecule has 4 nitrogen and oxygen atoms in total. The SMILES string of the molecule is C[C@H]1Cc2c([nH]c3ccc(F)cc23)[C@H](c2c(F)cc(OCCN3CC(CF)C3)cc2F)N1CC(C)(C)F. The summed E-state index contributed by atoms with van der Waals surface area (Å²) in [6.45, 7) is 6.42. The van der Waals surface area contributed by atoms with Gasteiger partial charge in [-0.1, -0.05) is 0 Å². The number of alkyl halides is 2. The molecule has 1 N–H and O–H groups in total. The lowest BCUT2D eigenvalue weighted by molar-refractivity contribution is 0.0637. The van der Waals surface area contributed by atoms with Crippen LogP contribution in [0.1, 0.15) is 43.6 Å². The lowest BCUT2D eigenvalue weighted by Gasteiger charge is -2.43. The summed E-state index contributed by atoms with van der Waals surface area (Å²) in [4.78, 5) is 7.02. The fraction of sp³-hybridized carbons (Fsp3) is 0.500. The first-order chi connectivity index (χ1) is 17.5. The smallest absolute Gasteiger partial charge is 0.135 e. The van der Waals surface area contributed by atoms with Gasteiger partial charge in [0.1, 0.15) is 35.5 Å². The highest BCUT2D eigenvalue weighted by Crippen LogP contribution is 2.44. The number of benzene rings is 2. The van der Waals surface area contributed by atoms with E-state index in [9.17, 15) is 13.2 Å². The minimum absolute atomic E-state index is 0.0468. The van der Waals surface area contributed by atoms with Crippen molar-refractivity contribution in [3.05, 3.63) is 64.6 Å². The van der Waals surface area contributed by atoms with E-state index < -0.39 is 29.2 Å². The molecule has 200 valence electrons. The van der Waals surface area contributed by atoms with Crippen molar-refractivity contribution in [3.8, 4) is 5.75 Å². The largest absolute Gasteiger partial charge is 0.492 e. The minimum atomic E-state index is -1.61. The Labute approximate surface area is 213 Å². The Morgan fingerprint density at radius 3 is 2.43 bits per heavy atom. The predicted octanol–water partition coefficient (Wildman–Crippen LogP) is 5.95. The van der Waals surface area contributed by atoms with Crippen LogP contribution < -0.4 is 4.74 Å². The van der Waals surface area contributed by atoms with Crippen molar-refractivity contribution in [2.24, 2.45) is 5.92 Å². The van der Waals surface area contributed by atoms with Crippen LogP contribution in [0.25, 0.3) is 10.9 Å². The fourth-order valence-corrected chi connectivity index (χ4v) is 5.67. The van der Waals surface area contributed by atoms with Gasteiger partial charge >= 0.3 is 0 Å². The number of nitrogens with zero attached hydrogens (tertiary/aromatic N) is 2. The summed E-state index contributed by atoms with van der Waals surface area (Å²) in [7, 11) is 0. The molecule has 0 spiro atoms. The highest BCUT2D eigenvalue weighted by atomic mass is 19.2. The number of aromatic amines is 1. The van der Waals surface area contributed by atoms with Gasteiger partial charge in [-0.15, -0.1) is 0 Å². The van der Waals surface area contributed by atoms with E-state index in [1.807, 2.05) is 11.8 Å². The van der Waals surface area contributed by atoms with Crippen molar-refractivity contribution < 1.29 is 26.7 Å². The van der Waals surface area contributed by atoms with Crippen molar-refractivity contribution >= 4 is 10.9 Å². The molecule has 1 fully saturated rings. The maximum Gasteiger partial charge on any atom is 0.135 e. The second kappa shape index (κ2) is 9.91. The van der Waals surface area contributed by atoms with E-state index in [-0.39, 0.29) is 43.1 Å². The van der Waals surface area contributed by atoms with Gasteiger partial charge in [-0.25, -0.2) is 17.6 Å². The number of aromatic nitrogens is 1. The van der Waals surface area contributed by atoms with Gasteiger partial charge in [-0.2, -0.15) is 0 Å². The summed E-state index contributed by atoms with van der Waals surface area (Å²) in [6, 6.07) is 5.46. The van der Waals surface area contributed by atoms with Crippen LogP contribution in [0.2, 0.25) is 0 Å². The molecule has 2 atom stereocenters. The molecule has 2 aliphatic heterocycles. The Bertz CT molecular complexity index is 1260. The molecule has 3 heterocycles. The molecule has 5 rings (SSSR count). The number of halogens is 5. The molecule has 2 aliphatic rings. The first kappa shape index (κ1) is 26.0. The van der Waals surface area contributed by atoms with Crippen LogP contribution in [0.5, 0.6) is 5.75 Å². The van der Waals surface area contributed by atoms with Crippen LogP contribution in [-0.4, -0.2) is 66.0 Å². The summed E-state index contributed by atoms with van der Waals surface area (Å²) in [5.74, 6) is -1.89. The average Bonchev–Trinajstić information content (AvgIpc) is 3.13. The maximum atomic E-state index is 15.6. The van der Waals surface area contributed by atoms with Crippen molar-refractivity contribution in [1.82, 2.24) is 14.8 Å². The van der Waals surface area contributed by atoms with Crippen LogP contribution in [0, 0.1) is 23.4 Å². The number of likely N-dealkylation sites (tertiary alicyclic amines) is 1.